The van der Waals surface area contributed by atoms with E-state index in [1.165, 1.54) is 6.20 Å². The molecule has 0 aliphatic carbocycles. The molecule has 1 aromatic rings. The first kappa shape index (κ1) is 19.6. The number of hydrogen-bond acceptors (Lipinski definition) is 6. The Bertz CT molecular complexity index is 756. The molecule has 3 aliphatic heterocycles. The number of likely N-dealkylation sites (tertiary alicyclic amines) is 1. The molecule has 4 atom stereocenters. The van der Waals surface area contributed by atoms with Crippen LogP contribution in [0.3, 0.4) is 0 Å². The van der Waals surface area contributed by atoms with Crippen molar-refractivity contribution >= 4 is 23.6 Å². The monoisotopic (exact) mass is 404 g/mol. The molecule has 1 spiro atoms. The number of aryl methyl sites for hydroxylation is 1. The zero-order valence-electron chi connectivity index (χ0n) is 16.7. The van der Waals surface area contributed by atoms with Gasteiger partial charge in [0.05, 0.1) is 35.9 Å². The Morgan fingerprint density at radius 3 is 2.93 bits per heavy atom. The normalized spacial score (nSPS) is 30.7. The summed E-state index contributed by atoms with van der Waals surface area (Å²) in [5.41, 5.74) is 0.909. The fraction of sp³-hybridized carbons (Fsp3) is 0.700. The third-order valence-electron chi connectivity index (χ3n) is 6.19. The number of nitrogens with zero attached hydrogens (tertiary/aromatic N) is 3. The lowest BCUT2D eigenvalue weighted by atomic mass is 9.73. The SMILES string of the molecule is Cc1cnc(C(=O)NC[C@H]2[C@H]3CN(C(=O)CSC(C)C)C[C@]34CC[C@H]2O4)cn1. The van der Waals surface area contributed by atoms with Crippen molar-refractivity contribution in [3.63, 3.8) is 0 Å². The minimum absolute atomic E-state index is 0.177. The first-order valence-electron chi connectivity index (χ1n) is 10.0. The van der Waals surface area contributed by atoms with Crippen LogP contribution < -0.4 is 5.32 Å². The molecule has 8 heteroatoms. The lowest BCUT2D eigenvalue weighted by Crippen LogP contribution is -2.42. The van der Waals surface area contributed by atoms with Crippen LogP contribution >= 0.6 is 11.8 Å². The summed E-state index contributed by atoms with van der Waals surface area (Å²) in [6.45, 7) is 8.04. The van der Waals surface area contributed by atoms with Crippen molar-refractivity contribution < 1.29 is 14.3 Å². The number of ether oxygens (including phenoxy) is 1. The van der Waals surface area contributed by atoms with E-state index < -0.39 is 0 Å². The van der Waals surface area contributed by atoms with Crippen molar-refractivity contribution in [2.75, 3.05) is 25.4 Å². The zero-order chi connectivity index (χ0) is 19.9. The summed E-state index contributed by atoms with van der Waals surface area (Å²) in [6.07, 6.45) is 5.30. The molecule has 3 saturated heterocycles. The minimum atomic E-state index is -0.206. The highest BCUT2D eigenvalue weighted by atomic mass is 32.2. The number of hydrogen-bond donors (Lipinski definition) is 1. The molecule has 0 unspecified atom stereocenters. The van der Waals surface area contributed by atoms with Crippen molar-refractivity contribution in [1.29, 1.82) is 0 Å². The fourth-order valence-electron chi connectivity index (χ4n) is 4.79. The molecule has 0 radical (unpaired) electrons. The van der Waals surface area contributed by atoms with Gasteiger partial charge in [-0.05, 0) is 25.0 Å². The van der Waals surface area contributed by atoms with Crippen molar-refractivity contribution in [2.24, 2.45) is 11.8 Å². The Kier molecular flexibility index (Phi) is 5.35. The van der Waals surface area contributed by atoms with Gasteiger partial charge in [0.25, 0.3) is 5.91 Å². The zero-order valence-corrected chi connectivity index (χ0v) is 17.5. The quantitative estimate of drug-likeness (QED) is 0.776. The maximum Gasteiger partial charge on any atom is 0.271 e. The topological polar surface area (TPSA) is 84.4 Å². The molecule has 7 nitrogen and oxygen atoms in total. The van der Waals surface area contributed by atoms with Crippen molar-refractivity contribution in [3.05, 3.63) is 23.8 Å². The van der Waals surface area contributed by atoms with E-state index in [2.05, 4.69) is 29.1 Å². The number of nitrogens with one attached hydrogen (secondary N) is 1. The molecule has 4 rings (SSSR count). The summed E-state index contributed by atoms with van der Waals surface area (Å²) in [5.74, 6) is 1.06. The summed E-state index contributed by atoms with van der Waals surface area (Å²) < 4.78 is 6.38. The van der Waals surface area contributed by atoms with E-state index in [-0.39, 0.29) is 29.4 Å². The second-order valence-electron chi connectivity index (χ2n) is 8.42. The number of aromatic nitrogens is 2. The Balaban J connectivity index is 1.37. The number of fused-ring (bicyclic) bond motifs is 1. The number of amides is 2. The Labute approximate surface area is 170 Å². The van der Waals surface area contributed by atoms with Crippen LogP contribution in [0.1, 0.15) is 42.9 Å². The predicted octanol–water partition coefficient (Wildman–Crippen LogP) is 1.66. The van der Waals surface area contributed by atoms with Crippen molar-refractivity contribution in [2.45, 2.75) is 50.6 Å². The summed E-state index contributed by atoms with van der Waals surface area (Å²) >= 11 is 1.68. The molecule has 152 valence electrons. The van der Waals surface area contributed by atoms with Crippen LogP contribution in [-0.4, -0.2) is 69.0 Å². The summed E-state index contributed by atoms with van der Waals surface area (Å²) in [5, 5.41) is 3.46. The standard InChI is InChI=1S/C20H28N4O3S/c1-12(2)28-10-18(25)24-9-15-14(17-4-5-20(15,11-24)27-17)7-23-19(26)16-8-21-13(3)6-22-16/h6,8,12,14-15,17H,4-5,7,9-11H2,1-3H3,(H,23,26)/t14-,15+,17+,20+/m0/s1. The van der Waals surface area contributed by atoms with Crippen molar-refractivity contribution in [3.8, 4) is 0 Å². The molecule has 28 heavy (non-hydrogen) atoms. The van der Waals surface area contributed by atoms with E-state index in [0.717, 1.165) is 25.1 Å². The highest BCUT2D eigenvalue weighted by Crippen LogP contribution is 2.54. The fourth-order valence-corrected chi connectivity index (χ4v) is 5.45. The van der Waals surface area contributed by atoms with Gasteiger partial charge in [-0.2, -0.15) is 0 Å². The molecule has 0 saturated carbocycles. The van der Waals surface area contributed by atoms with Gasteiger partial charge in [0.2, 0.25) is 5.91 Å². The lowest BCUT2D eigenvalue weighted by molar-refractivity contribution is -0.128. The van der Waals surface area contributed by atoms with Gasteiger partial charge in [-0.15, -0.1) is 11.8 Å². The largest absolute Gasteiger partial charge is 0.369 e. The number of rotatable bonds is 6. The Morgan fingerprint density at radius 2 is 2.21 bits per heavy atom. The maximum atomic E-state index is 12.6. The van der Waals surface area contributed by atoms with Gasteiger partial charge in [0.1, 0.15) is 5.69 Å². The summed E-state index contributed by atoms with van der Waals surface area (Å²) in [7, 11) is 0. The highest BCUT2D eigenvalue weighted by Gasteiger charge is 2.63. The van der Waals surface area contributed by atoms with E-state index in [4.69, 9.17) is 4.74 Å². The maximum absolute atomic E-state index is 12.6. The molecule has 1 aromatic heterocycles. The molecule has 0 aromatic carbocycles. The highest BCUT2D eigenvalue weighted by molar-refractivity contribution is 8.00. The Hall–Kier alpha value is -1.67. The second kappa shape index (κ2) is 7.63. The third-order valence-corrected chi connectivity index (χ3v) is 7.27. The van der Waals surface area contributed by atoms with Gasteiger partial charge in [-0.3, -0.25) is 14.6 Å². The van der Waals surface area contributed by atoms with Crippen LogP contribution in [0.2, 0.25) is 0 Å². The molecule has 4 heterocycles. The van der Waals surface area contributed by atoms with E-state index >= 15 is 0 Å². The molecule has 1 N–H and O–H groups in total. The van der Waals surface area contributed by atoms with E-state index in [0.29, 0.717) is 35.7 Å². The molecule has 3 aliphatic rings. The summed E-state index contributed by atoms with van der Waals surface area (Å²) in [6, 6.07) is 0. The second-order valence-corrected chi connectivity index (χ2v) is 9.98. The van der Waals surface area contributed by atoms with Gasteiger partial charge in [-0.1, -0.05) is 13.8 Å². The van der Waals surface area contributed by atoms with Crippen LogP contribution in [-0.2, 0) is 9.53 Å². The molecular weight excluding hydrogens is 376 g/mol. The summed E-state index contributed by atoms with van der Waals surface area (Å²) in [4.78, 5) is 35.3. The average Bonchev–Trinajstić information content (AvgIpc) is 3.33. The van der Waals surface area contributed by atoms with E-state index in [1.807, 2.05) is 11.8 Å². The minimum Gasteiger partial charge on any atom is -0.369 e. The van der Waals surface area contributed by atoms with Gasteiger partial charge >= 0.3 is 0 Å². The van der Waals surface area contributed by atoms with Crippen LogP contribution in [0.25, 0.3) is 0 Å². The molecule has 2 bridgehead atoms. The number of thioether (sulfide) groups is 1. The van der Waals surface area contributed by atoms with Crippen molar-refractivity contribution in [1.82, 2.24) is 20.2 Å². The first-order valence-corrected chi connectivity index (χ1v) is 11.1. The van der Waals surface area contributed by atoms with Crippen LogP contribution in [0.15, 0.2) is 12.4 Å². The first-order chi connectivity index (χ1) is 13.4. The number of carbonyl (C=O) groups is 2. The Morgan fingerprint density at radius 1 is 1.39 bits per heavy atom. The third kappa shape index (κ3) is 3.64. The van der Waals surface area contributed by atoms with Crippen LogP contribution in [0.5, 0.6) is 0 Å². The molecule has 3 fully saturated rings. The van der Waals surface area contributed by atoms with Crippen LogP contribution in [0, 0.1) is 18.8 Å². The molecule has 2 amide bonds. The number of carbonyl (C=O) groups excluding carboxylic acids is 2. The van der Waals surface area contributed by atoms with Gasteiger partial charge in [-0.25, -0.2) is 4.98 Å². The smallest absolute Gasteiger partial charge is 0.271 e. The van der Waals surface area contributed by atoms with E-state index in [1.54, 1.807) is 18.0 Å². The average molecular weight is 405 g/mol. The van der Waals surface area contributed by atoms with Gasteiger partial charge in [0.15, 0.2) is 0 Å². The predicted molar refractivity (Wildman–Crippen MR) is 107 cm³/mol. The lowest BCUT2D eigenvalue weighted by Gasteiger charge is -2.29. The van der Waals surface area contributed by atoms with Gasteiger partial charge < -0.3 is 15.0 Å². The van der Waals surface area contributed by atoms with Gasteiger partial charge in [0, 0.05) is 31.1 Å². The van der Waals surface area contributed by atoms with E-state index in [9.17, 15) is 9.59 Å². The van der Waals surface area contributed by atoms with Crippen LogP contribution in [0.4, 0.5) is 0 Å². The molecular formula is C20H28N4O3S.